The van der Waals surface area contributed by atoms with Crippen molar-refractivity contribution < 1.29 is 9.31 Å². The molecule has 106 valence electrons. The molecule has 0 spiro atoms. The van der Waals surface area contributed by atoms with E-state index in [1.807, 2.05) is 13.8 Å². The van der Waals surface area contributed by atoms with E-state index in [2.05, 4.69) is 0 Å². The topological polar surface area (TPSA) is 72.4 Å². The Kier molecular flexibility index (Phi) is 4.47. The second kappa shape index (κ2) is 5.52. The van der Waals surface area contributed by atoms with E-state index < -0.39 is 10.7 Å². The van der Waals surface area contributed by atoms with Gasteiger partial charge in [-0.15, -0.1) is 0 Å². The van der Waals surface area contributed by atoms with Gasteiger partial charge in [0.25, 0.3) is 5.69 Å². The number of benzene rings is 1. The Morgan fingerprint density at radius 2 is 2.05 bits per heavy atom. The summed E-state index contributed by atoms with van der Waals surface area (Å²) < 4.78 is 13.4. The molecule has 6 heteroatoms. The Bertz CT molecular complexity index is 489. The number of rotatable bonds is 5. The average molecular weight is 269 g/mol. The normalized spacial score (nSPS) is 11.5. The summed E-state index contributed by atoms with van der Waals surface area (Å²) >= 11 is 0. The van der Waals surface area contributed by atoms with Crippen LogP contribution in [0.5, 0.6) is 0 Å². The Hall–Kier alpha value is -1.69. The third-order valence-corrected chi connectivity index (χ3v) is 3.08. The predicted octanol–water partition coefficient (Wildman–Crippen LogP) is 2.46. The molecule has 0 amide bonds. The molecule has 0 unspecified atom stereocenters. The molecule has 0 radical (unpaired) electrons. The Labute approximate surface area is 112 Å². The van der Waals surface area contributed by atoms with Gasteiger partial charge in [0.05, 0.1) is 11.0 Å². The summed E-state index contributed by atoms with van der Waals surface area (Å²) in [5, 5.41) is 11.0. The van der Waals surface area contributed by atoms with Crippen LogP contribution in [0.25, 0.3) is 0 Å². The SMILES string of the molecule is Cc1cc(N(C)CC(C)(C)CN)c([N+](=O)[O-])cc1F. The summed E-state index contributed by atoms with van der Waals surface area (Å²) in [5.74, 6) is -0.568. The molecule has 0 bridgehead atoms. The van der Waals surface area contributed by atoms with E-state index >= 15 is 0 Å². The van der Waals surface area contributed by atoms with Gasteiger partial charge in [-0.2, -0.15) is 0 Å². The van der Waals surface area contributed by atoms with Crippen molar-refractivity contribution in [3.8, 4) is 0 Å². The standard InChI is InChI=1S/C13H20FN3O2/c1-9-5-11(12(17(18)19)6-10(9)14)16(4)8-13(2,3)7-15/h5-6H,7-8,15H2,1-4H3. The maximum atomic E-state index is 13.4. The highest BCUT2D eigenvalue weighted by atomic mass is 19.1. The minimum absolute atomic E-state index is 0.176. The van der Waals surface area contributed by atoms with Crippen molar-refractivity contribution in [2.45, 2.75) is 20.8 Å². The number of hydrogen-bond donors (Lipinski definition) is 1. The first kappa shape index (κ1) is 15.4. The molecule has 0 aliphatic heterocycles. The van der Waals surface area contributed by atoms with E-state index in [4.69, 9.17) is 5.73 Å². The van der Waals surface area contributed by atoms with Gasteiger partial charge in [-0.3, -0.25) is 10.1 Å². The van der Waals surface area contributed by atoms with Crippen LogP contribution >= 0.6 is 0 Å². The quantitative estimate of drug-likeness (QED) is 0.658. The van der Waals surface area contributed by atoms with Crippen molar-refractivity contribution >= 4 is 11.4 Å². The summed E-state index contributed by atoms with van der Waals surface area (Å²) in [6.07, 6.45) is 0. The molecule has 0 saturated carbocycles. The van der Waals surface area contributed by atoms with Crippen LogP contribution in [-0.2, 0) is 0 Å². The number of nitro benzene ring substituents is 1. The van der Waals surface area contributed by atoms with Crippen LogP contribution in [0.1, 0.15) is 19.4 Å². The number of aryl methyl sites for hydroxylation is 1. The van der Waals surface area contributed by atoms with Gasteiger partial charge in [0.1, 0.15) is 11.5 Å². The first-order valence-corrected chi connectivity index (χ1v) is 6.03. The lowest BCUT2D eigenvalue weighted by Crippen LogP contribution is -2.37. The lowest BCUT2D eigenvalue weighted by atomic mass is 9.93. The zero-order valence-corrected chi connectivity index (χ0v) is 11.7. The third kappa shape index (κ3) is 3.64. The second-order valence-electron chi connectivity index (χ2n) is 5.57. The number of nitro groups is 1. The maximum Gasteiger partial charge on any atom is 0.295 e. The van der Waals surface area contributed by atoms with Gasteiger partial charge < -0.3 is 10.6 Å². The number of nitrogens with zero attached hydrogens (tertiary/aromatic N) is 2. The van der Waals surface area contributed by atoms with Crippen molar-refractivity contribution in [1.82, 2.24) is 0 Å². The molecule has 0 atom stereocenters. The monoisotopic (exact) mass is 269 g/mol. The first-order chi connectivity index (χ1) is 8.68. The number of anilines is 1. The summed E-state index contributed by atoms with van der Waals surface area (Å²) in [4.78, 5) is 12.2. The number of halogens is 1. The number of nitrogens with two attached hydrogens (primary N) is 1. The molecule has 0 heterocycles. The molecule has 0 aliphatic rings. The molecule has 1 rings (SSSR count). The van der Waals surface area contributed by atoms with Crippen LogP contribution in [0.2, 0.25) is 0 Å². The van der Waals surface area contributed by atoms with Gasteiger partial charge in [0.2, 0.25) is 0 Å². The minimum Gasteiger partial charge on any atom is -0.368 e. The lowest BCUT2D eigenvalue weighted by Gasteiger charge is -2.30. The Morgan fingerprint density at radius 1 is 1.47 bits per heavy atom. The molecule has 0 fully saturated rings. The Morgan fingerprint density at radius 3 is 2.53 bits per heavy atom. The summed E-state index contributed by atoms with van der Waals surface area (Å²) in [7, 11) is 1.75. The van der Waals surface area contributed by atoms with Crippen LogP contribution in [0.3, 0.4) is 0 Å². The van der Waals surface area contributed by atoms with E-state index in [0.717, 1.165) is 6.07 Å². The van der Waals surface area contributed by atoms with Crippen LogP contribution in [0.15, 0.2) is 12.1 Å². The van der Waals surface area contributed by atoms with Gasteiger partial charge >= 0.3 is 0 Å². The number of hydrogen-bond acceptors (Lipinski definition) is 4. The summed E-state index contributed by atoms with van der Waals surface area (Å²) in [6.45, 7) is 6.56. The molecule has 0 aliphatic carbocycles. The van der Waals surface area contributed by atoms with Crippen LogP contribution < -0.4 is 10.6 Å². The highest BCUT2D eigenvalue weighted by Gasteiger charge is 2.24. The molecular weight excluding hydrogens is 249 g/mol. The molecule has 5 nitrogen and oxygen atoms in total. The van der Waals surface area contributed by atoms with Gasteiger partial charge in [0.15, 0.2) is 0 Å². The van der Waals surface area contributed by atoms with E-state index in [1.54, 1.807) is 18.9 Å². The second-order valence-corrected chi connectivity index (χ2v) is 5.57. The van der Waals surface area contributed by atoms with Crippen molar-refractivity contribution in [1.29, 1.82) is 0 Å². The molecule has 0 aromatic heterocycles. The minimum atomic E-state index is -0.568. The zero-order valence-electron chi connectivity index (χ0n) is 11.7. The molecule has 19 heavy (non-hydrogen) atoms. The zero-order chi connectivity index (χ0) is 14.8. The van der Waals surface area contributed by atoms with Crippen molar-refractivity contribution in [2.24, 2.45) is 11.1 Å². The third-order valence-electron chi connectivity index (χ3n) is 3.08. The van der Waals surface area contributed by atoms with Crippen LogP contribution in [-0.4, -0.2) is 25.1 Å². The van der Waals surface area contributed by atoms with E-state index in [1.165, 1.54) is 6.07 Å². The van der Waals surface area contributed by atoms with Crippen molar-refractivity contribution in [2.75, 3.05) is 25.0 Å². The smallest absolute Gasteiger partial charge is 0.295 e. The van der Waals surface area contributed by atoms with Gasteiger partial charge in [-0.25, -0.2) is 4.39 Å². The largest absolute Gasteiger partial charge is 0.368 e. The maximum absolute atomic E-state index is 13.4. The van der Waals surface area contributed by atoms with E-state index in [-0.39, 0.29) is 11.1 Å². The fraction of sp³-hybridized carbons (Fsp3) is 0.538. The van der Waals surface area contributed by atoms with Crippen molar-refractivity contribution in [3.63, 3.8) is 0 Å². The highest BCUT2D eigenvalue weighted by Crippen LogP contribution is 2.31. The van der Waals surface area contributed by atoms with Gasteiger partial charge in [0, 0.05) is 13.6 Å². The van der Waals surface area contributed by atoms with E-state index in [9.17, 15) is 14.5 Å². The molecular formula is C13H20FN3O2. The van der Waals surface area contributed by atoms with E-state index in [0.29, 0.717) is 24.3 Å². The van der Waals surface area contributed by atoms with Crippen molar-refractivity contribution in [3.05, 3.63) is 33.6 Å². The fourth-order valence-corrected chi connectivity index (χ4v) is 1.90. The summed E-state index contributed by atoms with van der Waals surface area (Å²) in [5.41, 5.74) is 6.06. The Balaban J connectivity index is 3.18. The lowest BCUT2D eigenvalue weighted by molar-refractivity contribution is -0.384. The van der Waals surface area contributed by atoms with Crippen LogP contribution in [0.4, 0.5) is 15.8 Å². The molecule has 2 N–H and O–H groups in total. The molecule has 1 aromatic rings. The van der Waals surface area contributed by atoms with Gasteiger partial charge in [-0.05, 0) is 30.5 Å². The fourth-order valence-electron chi connectivity index (χ4n) is 1.90. The van der Waals surface area contributed by atoms with Crippen LogP contribution in [0, 0.1) is 28.3 Å². The first-order valence-electron chi connectivity index (χ1n) is 6.03. The summed E-state index contributed by atoms with van der Waals surface area (Å²) in [6, 6.07) is 2.47. The van der Waals surface area contributed by atoms with Gasteiger partial charge in [-0.1, -0.05) is 13.8 Å². The predicted molar refractivity (Wildman–Crippen MR) is 73.9 cm³/mol. The molecule has 1 aromatic carbocycles. The molecule has 0 saturated heterocycles. The highest BCUT2D eigenvalue weighted by molar-refractivity contribution is 5.64. The average Bonchev–Trinajstić information content (AvgIpc) is 2.31.